The molecule has 2 unspecified atom stereocenters. The summed E-state index contributed by atoms with van der Waals surface area (Å²) in [6, 6.07) is 1.64. The third kappa shape index (κ3) is 7.51. The third-order valence-corrected chi connectivity index (χ3v) is 5.69. The first-order valence-corrected chi connectivity index (χ1v) is 10.2. The lowest BCUT2D eigenvalue weighted by Crippen LogP contribution is -2.31. The van der Waals surface area contributed by atoms with E-state index >= 15 is 0 Å². The molecule has 2 aliphatic heterocycles. The Kier molecular flexibility index (Phi) is 9.50. The molecule has 0 aromatic heterocycles. The topological polar surface area (TPSA) is 30.5 Å². The molecule has 0 aromatic rings. The Bertz CT molecular complexity index is 269. The predicted octanol–water partition coefficient (Wildman–Crippen LogP) is 2.30. The normalized spacial score (nSPS) is 26.3. The molecule has 0 aliphatic carbocycles. The number of hydrogen-bond donors (Lipinski definition) is 2. The number of rotatable bonds is 12. The molecule has 2 heterocycles. The lowest BCUT2D eigenvalue weighted by atomic mass is 10.2. The number of nitrogens with one attached hydrogen (secondary N) is 2. The molecular formula is C19H40N4. The van der Waals surface area contributed by atoms with Crippen LogP contribution in [0.5, 0.6) is 0 Å². The molecule has 2 saturated heterocycles. The van der Waals surface area contributed by atoms with Crippen molar-refractivity contribution < 1.29 is 0 Å². The largest absolute Gasteiger partial charge is 0.317 e. The lowest BCUT2D eigenvalue weighted by Gasteiger charge is -2.21. The van der Waals surface area contributed by atoms with Crippen molar-refractivity contribution in [3.05, 3.63) is 0 Å². The molecule has 136 valence electrons. The van der Waals surface area contributed by atoms with Gasteiger partial charge in [0, 0.05) is 12.1 Å². The summed E-state index contributed by atoms with van der Waals surface area (Å²) in [6.07, 6.45) is 9.44. The molecule has 4 heteroatoms. The Morgan fingerprint density at radius 1 is 0.696 bits per heavy atom. The molecule has 0 bridgehead atoms. The van der Waals surface area contributed by atoms with Crippen molar-refractivity contribution in [2.24, 2.45) is 0 Å². The molecule has 0 spiro atoms. The maximum Gasteiger partial charge on any atom is 0.00674 e. The molecule has 2 aliphatic rings. The van der Waals surface area contributed by atoms with Crippen molar-refractivity contribution in [3.8, 4) is 0 Å². The summed E-state index contributed by atoms with van der Waals surface area (Å²) in [4.78, 5) is 5.29. The van der Waals surface area contributed by atoms with Crippen LogP contribution >= 0.6 is 0 Å². The number of likely N-dealkylation sites (tertiary alicyclic amines) is 2. The maximum absolute atomic E-state index is 3.59. The first kappa shape index (κ1) is 19.2. The van der Waals surface area contributed by atoms with E-state index in [9.17, 15) is 0 Å². The van der Waals surface area contributed by atoms with E-state index in [1.165, 1.54) is 84.2 Å². The van der Waals surface area contributed by atoms with Gasteiger partial charge in [0.1, 0.15) is 0 Å². The van der Waals surface area contributed by atoms with E-state index in [0.717, 1.165) is 25.2 Å². The number of nitrogens with zero attached hydrogens (tertiary/aromatic N) is 2. The average Bonchev–Trinajstić information content (AvgIpc) is 3.14. The van der Waals surface area contributed by atoms with Crippen LogP contribution in [0.3, 0.4) is 0 Å². The zero-order valence-corrected chi connectivity index (χ0v) is 15.7. The summed E-state index contributed by atoms with van der Waals surface area (Å²) in [5, 5.41) is 7.18. The van der Waals surface area contributed by atoms with Crippen LogP contribution in [0.4, 0.5) is 0 Å². The van der Waals surface area contributed by atoms with E-state index in [1.807, 2.05) is 0 Å². The molecule has 2 atom stereocenters. The zero-order chi connectivity index (χ0) is 16.3. The van der Waals surface area contributed by atoms with Gasteiger partial charge < -0.3 is 20.4 Å². The average molecular weight is 325 g/mol. The van der Waals surface area contributed by atoms with Crippen LogP contribution < -0.4 is 10.6 Å². The van der Waals surface area contributed by atoms with Crippen LogP contribution in [0.15, 0.2) is 0 Å². The van der Waals surface area contributed by atoms with Gasteiger partial charge in [0.15, 0.2) is 0 Å². The Balaban J connectivity index is 1.29. The van der Waals surface area contributed by atoms with Gasteiger partial charge in [-0.15, -0.1) is 0 Å². The maximum atomic E-state index is 3.59. The molecule has 23 heavy (non-hydrogen) atoms. The predicted molar refractivity (Wildman–Crippen MR) is 100 cm³/mol. The van der Waals surface area contributed by atoms with E-state index in [4.69, 9.17) is 0 Å². The Morgan fingerprint density at radius 3 is 1.52 bits per heavy atom. The molecule has 2 N–H and O–H groups in total. The second-order valence-electron chi connectivity index (χ2n) is 7.62. The smallest absolute Gasteiger partial charge is 0.00674 e. The van der Waals surface area contributed by atoms with Gasteiger partial charge in [-0.2, -0.15) is 0 Å². The molecule has 2 fully saturated rings. The van der Waals surface area contributed by atoms with Crippen LogP contribution in [0, 0.1) is 0 Å². The molecule has 4 nitrogen and oxygen atoms in total. The van der Waals surface area contributed by atoms with Gasteiger partial charge in [-0.3, -0.25) is 0 Å². The molecule has 0 aromatic carbocycles. The van der Waals surface area contributed by atoms with Gasteiger partial charge >= 0.3 is 0 Å². The highest BCUT2D eigenvalue weighted by atomic mass is 15.2. The quantitative estimate of drug-likeness (QED) is 0.539. The summed E-state index contributed by atoms with van der Waals surface area (Å²) in [7, 11) is 0. The molecule has 2 rings (SSSR count). The summed E-state index contributed by atoms with van der Waals surface area (Å²) < 4.78 is 0. The fourth-order valence-corrected chi connectivity index (χ4v) is 4.05. The first-order chi connectivity index (χ1) is 11.3. The van der Waals surface area contributed by atoms with Gasteiger partial charge in [0.05, 0.1) is 0 Å². The van der Waals surface area contributed by atoms with Crippen molar-refractivity contribution in [3.63, 3.8) is 0 Å². The Hall–Kier alpha value is -0.160. The van der Waals surface area contributed by atoms with E-state index in [-0.39, 0.29) is 0 Å². The molecule has 0 saturated carbocycles. The minimum absolute atomic E-state index is 0.822. The monoisotopic (exact) mass is 324 g/mol. The van der Waals surface area contributed by atoms with Crippen molar-refractivity contribution in [1.82, 2.24) is 20.4 Å². The van der Waals surface area contributed by atoms with E-state index in [2.05, 4.69) is 34.3 Å². The summed E-state index contributed by atoms with van der Waals surface area (Å²) in [5.41, 5.74) is 0. The molecular weight excluding hydrogens is 284 g/mol. The third-order valence-electron chi connectivity index (χ3n) is 5.69. The fraction of sp³-hybridized carbons (Fsp3) is 1.00. The highest BCUT2D eigenvalue weighted by Gasteiger charge is 2.19. The first-order valence-electron chi connectivity index (χ1n) is 10.2. The summed E-state index contributed by atoms with van der Waals surface area (Å²) in [5.74, 6) is 0. The van der Waals surface area contributed by atoms with Crippen LogP contribution in [0.2, 0.25) is 0 Å². The Morgan fingerprint density at radius 2 is 1.13 bits per heavy atom. The second-order valence-corrected chi connectivity index (χ2v) is 7.62. The van der Waals surface area contributed by atoms with Crippen molar-refractivity contribution in [1.29, 1.82) is 0 Å². The van der Waals surface area contributed by atoms with Crippen LogP contribution in [0.1, 0.15) is 58.8 Å². The minimum Gasteiger partial charge on any atom is -0.317 e. The summed E-state index contributed by atoms with van der Waals surface area (Å²) >= 11 is 0. The molecule has 0 amide bonds. The minimum atomic E-state index is 0.822. The Labute approximate surface area is 144 Å². The van der Waals surface area contributed by atoms with Crippen LogP contribution in [-0.2, 0) is 0 Å². The van der Waals surface area contributed by atoms with Crippen molar-refractivity contribution >= 4 is 0 Å². The van der Waals surface area contributed by atoms with Gasteiger partial charge in [-0.05, 0) is 111 Å². The van der Waals surface area contributed by atoms with Gasteiger partial charge in [0.2, 0.25) is 0 Å². The zero-order valence-electron chi connectivity index (χ0n) is 15.7. The van der Waals surface area contributed by atoms with E-state index in [0.29, 0.717) is 0 Å². The SMILES string of the molecule is CC1CCCN1CCCNCCCNCCCN1CCCC1C. The second kappa shape index (κ2) is 11.4. The highest BCUT2D eigenvalue weighted by Crippen LogP contribution is 2.16. The van der Waals surface area contributed by atoms with Crippen molar-refractivity contribution in [2.45, 2.75) is 70.9 Å². The van der Waals surface area contributed by atoms with Crippen LogP contribution in [0.25, 0.3) is 0 Å². The summed E-state index contributed by atoms with van der Waals surface area (Å²) in [6.45, 7) is 14.6. The molecule has 0 radical (unpaired) electrons. The van der Waals surface area contributed by atoms with Crippen LogP contribution in [-0.4, -0.2) is 74.2 Å². The van der Waals surface area contributed by atoms with E-state index < -0.39 is 0 Å². The lowest BCUT2D eigenvalue weighted by molar-refractivity contribution is 0.263. The number of hydrogen-bond acceptors (Lipinski definition) is 4. The van der Waals surface area contributed by atoms with E-state index in [1.54, 1.807) is 0 Å². The van der Waals surface area contributed by atoms with Gasteiger partial charge in [0.25, 0.3) is 0 Å². The standard InChI is InChI=1S/C19H40N4/c1-18-8-3-14-22(18)16-6-12-20-10-5-11-21-13-7-17-23-15-4-9-19(23)2/h18-21H,3-17H2,1-2H3. The highest BCUT2D eigenvalue weighted by molar-refractivity contribution is 4.75. The fourth-order valence-electron chi connectivity index (χ4n) is 4.05. The van der Waals surface area contributed by atoms with Gasteiger partial charge in [-0.1, -0.05) is 0 Å². The van der Waals surface area contributed by atoms with Crippen molar-refractivity contribution in [2.75, 3.05) is 52.4 Å². The van der Waals surface area contributed by atoms with Gasteiger partial charge in [-0.25, -0.2) is 0 Å².